The minimum atomic E-state index is -4.57. The standard InChI is InChI=1S/C23H21F3N4O2S/c24-23(25,26)17-8-2-3-9-18(17)28-20(31)14-33-21-16-7-1-4-10-19(16)30(22(32)29-21)13-15-6-5-11-27-12-15/h2-3,5-6,8-9,11-12H,1,4,7,10,13-14H2,(H,28,31). The van der Waals surface area contributed by atoms with E-state index in [9.17, 15) is 22.8 Å². The minimum absolute atomic E-state index is 0.155. The van der Waals surface area contributed by atoms with Gasteiger partial charge in [-0.15, -0.1) is 0 Å². The van der Waals surface area contributed by atoms with E-state index in [1.807, 2.05) is 6.07 Å². The molecule has 1 aliphatic rings. The van der Waals surface area contributed by atoms with Crippen molar-refractivity contribution in [3.8, 4) is 0 Å². The van der Waals surface area contributed by atoms with E-state index in [0.717, 1.165) is 60.3 Å². The van der Waals surface area contributed by atoms with Gasteiger partial charge in [0.1, 0.15) is 5.03 Å². The van der Waals surface area contributed by atoms with Crippen molar-refractivity contribution < 1.29 is 18.0 Å². The number of nitrogens with one attached hydrogen (secondary N) is 1. The van der Waals surface area contributed by atoms with Crippen molar-refractivity contribution in [1.29, 1.82) is 0 Å². The second-order valence-electron chi connectivity index (χ2n) is 7.66. The highest BCUT2D eigenvalue weighted by Gasteiger charge is 2.33. The lowest BCUT2D eigenvalue weighted by molar-refractivity contribution is -0.137. The number of carbonyl (C=O) groups excluding carboxylic acids is 1. The minimum Gasteiger partial charge on any atom is -0.325 e. The van der Waals surface area contributed by atoms with E-state index in [2.05, 4.69) is 15.3 Å². The summed E-state index contributed by atoms with van der Waals surface area (Å²) < 4.78 is 41.2. The van der Waals surface area contributed by atoms with Crippen LogP contribution in [0.15, 0.2) is 58.6 Å². The molecule has 0 radical (unpaired) electrons. The summed E-state index contributed by atoms with van der Waals surface area (Å²) in [5.74, 6) is -0.750. The lowest BCUT2D eigenvalue weighted by Crippen LogP contribution is -2.31. The Hall–Kier alpha value is -3.14. The number of alkyl halides is 3. The van der Waals surface area contributed by atoms with E-state index in [1.54, 1.807) is 23.0 Å². The van der Waals surface area contributed by atoms with Crippen LogP contribution in [0.2, 0.25) is 0 Å². The molecule has 0 spiro atoms. The van der Waals surface area contributed by atoms with E-state index in [4.69, 9.17) is 0 Å². The summed E-state index contributed by atoms with van der Waals surface area (Å²) in [6.07, 6.45) is 2.14. The first-order valence-electron chi connectivity index (χ1n) is 10.4. The summed E-state index contributed by atoms with van der Waals surface area (Å²) in [7, 11) is 0. The average Bonchev–Trinajstić information content (AvgIpc) is 2.80. The van der Waals surface area contributed by atoms with Crippen molar-refractivity contribution in [2.75, 3.05) is 11.1 Å². The van der Waals surface area contributed by atoms with Crippen molar-refractivity contribution in [3.05, 3.63) is 81.7 Å². The third-order valence-electron chi connectivity index (χ3n) is 5.36. The number of rotatable bonds is 6. The molecule has 1 N–H and O–H groups in total. The fourth-order valence-electron chi connectivity index (χ4n) is 3.86. The maximum absolute atomic E-state index is 13.2. The van der Waals surface area contributed by atoms with Crippen LogP contribution in [0.5, 0.6) is 0 Å². The average molecular weight is 475 g/mol. The first-order chi connectivity index (χ1) is 15.8. The molecule has 2 aromatic heterocycles. The highest BCUT2D eigenvalue weighted by atomic mass is 32.2. The van der Waals surface area contributed by atoms with Gasteiger partial charge in [0, 0.05) is 23.7 Å². The second kappa shape index (κ2) is 9.78. The van der Waals surface area contributed by atoms with Crippen LogP contribution in [0.1, 0.15) is 35.2 Å². The maximum atomic E-state index is 13.2. The van der Waals surface area contributed by atoms with Crippen LogP contribution in [-0.2, 0) is 30.4 Å². The molecule has 1 aliphatic carbocycles. The Labute approximate surface area is 192 Å². The second-order valence-corrected chi connectivity index (χ2v) is 8.62. The summed E-state index contributed by atoms with van der Waals surface area (Å²) in [6, 6.07) is 8.52. The zero-order valence-electron chi connectivity index (χ0n) is 17.6. The number of fused-ring (bicyclic) bond motifs is 1. The fourth-order valence-corrected chi connectivity index (χ4v) is 4.74. The van der Waals surface area contributed by atoms with Gasteiger partial charge in [-0.05, 0) is 49.4 Å². The van der Waals surface area contributed by atoms with Crippen molar-refractivity contribution in [3.63, 3.8) is 0 Å². The van der Waals surface area contributed by atoms with Crippen LogP contribution in [0.25, 0.3) is 0 Å². The van der Waals surface area contributed by atoms with Crippen molar-refractivity contribution in [2.45, 2.75) is 43.4 Å². The SMILES string of the molecule is O=C(CSc1nc(=O)n(Cc2cccnc2)c2c1CCCC2)Nc1ccccc1C(F)(F)F. The number of carbonyl (C=O) groups is 1. The van der Waals surface area contributed by atoms with Crippen molar-refractivity contribution in [2.24, 2.45) is 0 Å². The number of hydrogen-bond donors (Lipinski definition) is 1. The van der Waals surface area contributed by atoms with Crippen LogP contribution < -0.4 is 11.0 Å². The Balaban J connectivity index is 1.53. The molecule has 0 bridgehead atoms. The predicted octanol–water partition coefficient (Wildman–Crippen LogP) is 4.32. The molecule has 0 atom stereocenters. The molecule has 1 amide bonds. The quantitative estimate of drug-likeness (QED) is 0.426. The Morgan fingerprint density at radius 3 is 2.67 bits per heavy atom. The van der Waals surface area contributed by atoms with E-state index < -0.39 is 23.3 Å². The number of para-hydroxylation sites is 1. The number of anilines is 1. The van der Waals surface area contributed by atoms with Gasteiger partial charge >= 0.3 is 11.9 Å². The van der Waals surface area contributed by atoms with E-state index >= 15 is 0 Å². The van der Waals surface area contributed by atoms with E-state index in [-0.39, 0.29) is 11.4 Å². The van der Waals surface area contributed by atoms with Crippen LogP contribution in [-0.4, -0.2) is 26.2 Å². The largest absolute Gasteiger partial charge is 0.418 e. The molecule has 1 aromatic carbocycles. The molecule has 33 heavy (non-hydrogen) atoms. The molecule has 172 valence electrons. The van der Waals surface area contributed by atoms with Crippen LogP contribution in [0.3, 0.4) is 0 Å². The van der Waals surface area contributed by atoms with Gasteiger partial charge in [0.2, 0.25) is 5.91 Å². The molecule has 0 saturated carbocycles. The highest BCUT2D eigenvalue weighted by molar-refractivity contribution is 8.00. The zero-order valence-corrected chi connectivity index (χ0v) is 18.4. The molecule has 3 aromatic rings. The van der Waals surface area contributed by atoms with Crippen molar-refractivity contribution >= 4 is 23.4 Å². The number of aromatic nitrogens is 3. The van der Waals surface area contributed by atoms with E-state index in [1.165, 1.54) is 18.2 Å². The summed E-state index contributed by atoms with van der Waals surface area (Å²) in [4.78, 5) is 33.5. The number of halogens is 3. The number of thioether (sulfide) groups is 1. The molecule has 0 saturated heterocycles. The molecule has 0 aliphatic heterocycles. The molecule has 10 heteroatoms. The van der Waals surface area contributed by atoms with Gasteiger partial charge in [0.05, 0.1) is 23.5 Å². The monoisotopic (exact) mass is 474 g/mol. The molecule has 0 fully saturated rings. The normalized spacial score (nSPS) is 13.4. The van der Waals surface area contributed by atoms with Crippen LogP contribution in [0, 0.1) is 0 Å². The number of pyridine rings is 1. The van der Waals surface area contributed by atoms with Crippen molar-refractivity contribution in [1.82, 2.24) is 14.5 Å². The van der Waals surface area contributed by atoms with E-state index in [0.29, 0.717) is 11.6 Å². The first kappa shape index (κ1) is 23.0. The number of benzene rings is 1. The van der Waals surface area contributed by atoms with Gasteiger partial charge in [0.15, 0.2) is 0 Å². The van der Waals surface area contributed by atoms with Gasteiger partial charge in [-0.25, -0.2) is 4.79 Å². The predicted molar refractivity (Wildman–Crippen MR) is 119 cm³/mol. The number of amides is 1. The Kier molecular flexibility index (Phi) is 6.83. The third-order valence-corrected chi connectivity index (χ3v) is 6.38. The van der Waals surface area contributed by atoms with Gasteiger partial charge in [-0.3, -0.25) is 14.3 Å². The fraction of sp³-hybridized carbons (Fsp3) is 0.304. The molecule has 4 rings (SSSR count). The Morgan fingerprint density at radius 1 is 1.12 bits per heavy atom. The maximum Gasteiger partial charge on any atom is 0.418 e. The number of hydrogen-bond acceptors (Lipinski definition) is 5. The third kappa shape index (κ3) is 5.44. The molecule has 2 heterocycles. The molecule has 6 nitrogen and oxygen atoms in total. The zero-order chi connectivity index (χ0) is 23.4. The van der Waals surface area contributed by atoms with Gasteiger partial charge in [-0.2, -0.15) is 18.2 Å². The lowest BCUT2D eigenvalue weighted by atomic mass is 9.97. The molecular weight excluding hydrogens is 453 g/mol. The highest BCUT2D eigenvalue weighted by Crippen LogP contribution is 2.35. The molecular formula is C23H21F3N4O2S. The van der Waals surface area contributed by atoms with Gasteiger partial charge < -0.3 is 5.32 Å². The van der Waals surface area contributed by atoms with Gasteiger partial charge in [-0.1, -0.05) is 30.0 Å². The smallest absolute Gasteiger partial charge is 0.325 e. The number of nitrogens with zero attached hydrogens (tertiary/aromatic N) is 3. The summed E-state index contributed by atoms with van der Waals surface area (Å²) in [5.41, 5.74) is 1.10. The van der Waals surface area contributed by atoms with Gasteiger partial charge in [0.25, 0.3) is 0 Å². The molecule has 0 unspecified atom stereocenters. The summed E-state index contributed by atoms with van der Waals surface area (Å²) >= 11 is 1.07. The Bertz CT molecular complexity index is 1210. The lowest BCUT2D eigenvalue weighted by Gasteiger charge is -2.22. The summed E-state index contributed by atoms with van der Waals surface area (Å²) in [5, 5.41) is 2.80. The first-order valence-corrected chi connectivity index (χ1v) is 11.4. The van der Waals surface area contributed by atoms with Crippen LogP contribution in [0.4, 0.5) is 18.9 Å². The van der Waals surface area contributed by atoms with Crippen LogP contribution >= 0.6 is 11.8 Å². The Morgan fingerprint density at radius 2 is 1.91 bits per heavy atom. The summed E-state index contributed by atoms with van der Waals surface area (Å²) in [6.45, 7) is 0.363. The topological polar surface area (TPSA) is 76.9 Å².